The number of halogens is 1. The van der Waals surface area contributed by atoms with E-state index < -0.39 is 0 Å². The van der Waals surface area contributed by atoms with E-state index in [4.69, 9.17) is 0 Å². The van der Waals surface area contributed by atoms with Crippen LogP contribution in [0.15, 0.2) is 22.7 Å². The van der Waals surface area contributed by atoms with Gasteiger partial charge in [0, 0.05) is 12.6 Å². The molecule has 100 valence electrons. The number of nitrogens with zero attached hydrogens (tertiary/aromatic N) is 2. The van der Waals surface area contributed by atoms with Crippen LogP contribution in [0.5, 0.6) is 0 Å². The zero-order valence-corrected chi connectivity index (χ0v) is 13.3. The van der Waals surface area contributed by atoms with Gasteiger partial charge in [-0.1, -0.05) is 19.1 Å². The van der Waals surface area contributed by atoms with Crippen molar-refractivity contribution >= 4 is 21.7 Å². The number of aryl methyl sites for hydroxylation is 3. The molecule has 0 saturated carbocycles. The highest BCUT2D eigenvalue weighted by Crippen LogP contribution is 2.28. The van der Waals surface area contributed by atoms with Crippen molar-refractivity contribution in [3.05, 3.63) is 39.5 Å². The second-order valence-corrected chi connectivity index (χ2v) is 5.35. The Balaban J connectivity index is 2.58. The minimum atomic E-state index is 0.771. The molecule has 0 aliphatic heterocycles. The number of benzene rings is 1. The van der Waals surface area contributed by atoms with Gasteiger partial charge in [0.2, 0.25) is 0 Å². The van der Waals surface area contributed by atoms with E-state index in [9.17, 15) is 0 Å². The third kappa shape index (κ3) is 2.78. The molecule has 0 spiro atoms. The van der Waals surface area contributed by atoms with Crippen molar-refractivity contribution in [1.82, 2.24) is 9.97 Å². The molecule has 0 atom stereocenters. The quantitative estimate of drug-likeness (QED) is 0.924. The van der Waals surface area contributed by atoms with Gasteiger partial charge in [-0.15, -0.1) is 0 Å². The summed E-state index contributed by atoms with van der Waals surface area (Å²) in [5.41, 5.74) is 4.62. The highest BCUT2D eigenvalue weighted by Gasteiger charge is 2.11. The molecule has 2 rings (SSSR count). The Bertz CT molecular complexity index is 583. The molecule has 19 heavy (non-hydrogen) atoms. The van der Waals surface area contributed by atoms with Crippen LogP contribution in [0.1, 0.15) is 23.7 Å². The van der Waals surface area contributed by atoms with Gasteiger partial charge in [0.25, 0.3) is 0 Å². The Labute approximate surface area is 122 Å². The molecule has 0 radical (unpaired) electrons. The van der Waals surface area contributed by atoms with Crippen molar-refractivity contribution in [3.8, 4) is 11.4 Å². The summed E-state index contributed by atoms with van der Waals surface area (Å²) in [6.45, 7) is 6.31. The van der Waals surface area contributed by atoms with Gasteiger partial charge < -0.3 is 5.32 Å². The lowest BCUT2D eigenvalue weighted by Crippen LogP contribution is -2.03. The van der Waals surface area contributed by atoms with Crippen LogP contribution in [-0.2, 0) is 6.42 Å². The standard InChI is InChI=1S/C15H18BrN3/c1-5-12-13(16)15(17-4)19-14(18-12)11-7-6-9(2)10(3)8-11/h6-8H,5H2,1-4H3,(H,17,18,19). The van der Waals surface area contributed by atoms with Gasteiger partial charge >= 0.3 is 0 Å². The molecule has 0 fully saturated rings. The zero-order chi connectivity index (χ0) is 14.0. The molecule has 0 aliphatic carbocycles. The third-order valence-electron chi connectivity index (χ3n) is 3.26. The summed E-state index contributed by atoms with van der Waals surface area (Å²) in [4.78, 5) is 9.21. The molecule has 0 amide bonds. The van der Waals surface area contributed by atoms with Crippen molar-refractivity contribution in [1.29, 1.82) is 0 Å². The predicted octanol–water partition coefficient (Wildman–Crippen LogP) is 4.13. The van der Waals surface area contributed by atoms with E-state index in [0.717, 1.165) is 33.8 Å². The maximum absolute atomic E-state index is 4.64. The first-order valence-corrected chi connectivity index (χ1v) is 7.18. The van der Waals surface area contributed by atoms with Gasteiger partial charge in [0.15, 0.2) is 5.82 Å². The lowest BCUT2D eigenvalue weighted by Gasteiger charge is -2.11. The Morgan fingerprint density at radius 1 is 1.16 bits per heavy atom. The fraction of sp³-hybridized carbons (Fsp3) is 0.333. The van der Waals surface area contributed by atoms with Gasteiger partial charge in [-0.2, -0.15) is 0 Å². The average molecular weight is 320 g/mol. The van der Waals surface area contributed by atoms with Crippen LogP contribution >= 0.6 is 15.9 Å². The number of hydrogen-bond acceptors (Lipinski definition) is 3. The predicted molar refractivity (Wildman–Crippen MR) is 83.6 cm³/mol. The van der Waals surface area contributed by atoms with Crippen LogP contribution in [0.3, 0.4) is 0 Å². The van der Waals surface area contributed by atoms with E-state index in [2.05, 4.69) is 70.2 Å². The molecular formula is C15H18BrN3. The number of hydrogen-bond donors (Lipinski definition) is 1. The molecule has 1 aromatic heterocycles. The monoisotopic (exact) mass is 319 g/mol. The average Bonchev–Trinajstić information content (AvgIpc) is 2.42. The van der Waals surface area contributed by atoms with Crippen molar-refractivity contribution in [2.24, 2.45) is 0 Å². The highest BCUT2D eigenvalue weighted by atomic mass is 79.9. The van der Waals surface area contributed by atoms with Crippen LogP contribution in [0, 0.1) is 13.8 Å². The molecule has 1 aromatic carbocycles. The van der Waals surface area contributed by atoms with Gasteiger partial charge in [0.05, 0.1) is 10.2 Å². The molecule has 2 aromatic rings. The second-order valence-electron chi connectivity index (χ2n) is 4.56. The first kappa shape index (κ1) is 14.0. The first-order chi connectivity index (χ1) is 9.06. The normalized spacial score (nSPS) is 10.6. The molecule has 1 N–H and O–H groups in total. The fourth-order valence-corrected chi connectivity index (χ4v) is 2.56. The molecule has 0 aliphatic rings. The van der Waals surface area contributed by atoms with Crippen molar-refractivity contribution in [3.63, 3.8) is 0 Å². The molecule has 0 saturated heterocycles. The summed E-state index contributed by atoms with van der Waals surface area (Å²) in [7, 11) is 1.87. The number of aromatic nitrogens is 2. The lowest BCUT2D eigenvalue weighted by atomic mass is 10.1. The summed E-state index contributed by atoms with van der Waals surface area (Å²) in [6.07, 6.45) is 0.871. The number of nitrogens with one attached hydrogen (secondary N) is 1. The van der Waals surface area contributed by atoms with Gasteiger partial charge in [-0.25, -0.2) is 9.97 Å². The first-order valence-electron chi connectivity index (χ1n) is 6.38. The maximum Gasteiger partial charge on any atom is 0.161 e. The Kier molecular flexibility index (Phi) is 4.20. The van der Waals surface area contributed by atoms with Crippen LogP contribution in [0.4, 0.5) is 5.82 Å². The van der Waals surface area contributed by atoms with Crippen molar-refractivity contribution in [2.75, 3.05) is 12.4 Å². The van der Waals surface area contributed by atoms with E-state index in [0.29, 0.717) is 0 Å². The van der Waals surface area contributed by atoms with Crippen molar-refractivity contribution < 1.29 is 0 Å². The second kappa shape index (κ2) is 5.70. The van der Waals surface area contributed by atoms with E-state index in [1.807, 2.05) is 7.05 Å². The number of rotatable bonds is 3. The molecule has 3 nitrogen and oxygen atoms in total. The summed E-state index contributed by atoms with van der Waals surface area (Å²) >= 11 is 3.55. The fourth-order valence-electron chi connectivity index (χ4n) is 1.90. The molecule has 4 heteroatoms. The largest absolute Gasteiger partial charge is 0.372 e. The smallest absolute Gasteiger partial charge is 0.161 e. The summed E-state index contributed by atoms with van der Waals surface area (Å²) in [5.74, 6) is 1.60. The van der Waals surface area contributed by atoms with Crippen LogP contribution in [-0.4, -0.2) is 17.0 Å². The minimum Gasteiger partial charge on any atom is -0.372 e. The third-order valence-corrected chi connectivity index (χ3v) is 4.09. The Morgan fingerprint density at radius 2 is 1.89 bits per heavy atom. The molecule has 0 unspecified atom stereocenters. The van der Waals surface area contributed by atoms with Crippen LogP contribution in [0.2, 0.25) is 0 Å². The molecule has 1 heterocycles. The van der Waals surface area contributed by atoms with Gasteiger partial charge in [-0.3, -0.25) is 0 Å². The van der Waals surface area contributed by atoms with Gasteiger partial charge in [-0.05, 0) is 53.4 Å². The minimum absolute atomic E-state index is 0.771. The zero-order valence-electron chi connectivity index (χ0n) is 11.7. The van der Waals surface area contributed by atoms with Crippen LogP contribution < -0.4 is 5.32 Å². The maximum atomic E-state index is 4.64. The lowest BCUT2D eigenvalue weighted by molar-refractivity contribution is 0.991. The summed E-state index contributed by atoms with van der Waals surface area (Å²) < 4.78 is 0.949. The topological polar surface area (TPSA) is 37.8 Å². The van der Waals surface area contributed by atoms with E-state index in [1.54, 1.807) is 0 Å². The highest BCUT2D eigenvalue weighted by molar-refractivity contribution is 9.10. The molecular weight excluding hydrogens is 302 g/mol. The number of anilines is 1. The summed E-state index contributed by atoms with van der Waals surface area (Å²) in [6, 6.07) is 6.32. The Hall–Kier alpha value is -1.42. The van der Waals surface area contributed by atoms with E-state index >= 15 is 0 Å². The van der Waals surface area contributed by atoms with Crippen LogP contribution in [0.25, 0.3) is 11.4 Å². The summed E-state index contributed by atoms with van der Waals surface area (Å²) in [5, 5.41) is 3.11. The van der Waals surface area contributed by atoms with E-state index in [1.165, 1.54) is 11.1 Å². The van der Waals surface area contributed by atoms with E-state index in [-0.39, 0.29) is 0 Å². The Morgan fingerprint density at radius 3 is 2.47 bits per heavy atom. The molecule has 0 bridgehead atoms. The van der Waals surface area contributed by atoms with Gasteiger partial charge in [0.1, 0.15) is 5.82 Å². The SMILES string of the molecule is CCc1nc(-c2ccc(C)c(C)c2)nc(NC)c1Br. The van der Waals surface area contributed by atoms with Crippen molar-refractivity contribution in [2.45, 2.75) is 27.2 Å².